The molecule has 0 saturated carbocycles. The lowest BCUT2D eigenvalue weighted by Gasteiger charge is -2.18. The molecule has 0 bridgehead atoms. The first-order valence-corrected chi connectivity index (χ1v) is 6.27. The average Bonchev–Trinajstić information content (AvgIpc) is 2.87. The van der Waals surface area contributed by atoms with Crippen molar-refractivity contribution in [1.82, 2.24) is 15.3 Å². The Kier molecular flexibility index (Phi) is 2.26. The SMILES string of the molecule is Cc1cc2nc(C3(C)CCNC3)[nH]c2cc1C. The molecule has 1 aliphatic rings. The van der Waals surface area contributed by atoms with E-state index in [0.29, 0.717) is 0 Å². The third-order valence-electron chi connectivity index (χ3n) is 4.04. The normalized spacial score (nSPS) is 24.6. The van der Waals surface area contributed by atoms with Gasteiger partial charge in [-0.2, -0.15) is 0 Å². The zero-order chi connectivity index (χ0) is 12.0. The molecule has 3 heteroatoms. The molecular weight excluding hydrogens is 210 g/mol. The summed E-state index contributed by atoms with van der Waals surface area (Å²) in [4.78, 5) is 8.27. The van der Waals surface area contributed by atoms with E-state index < -0.39 is 0 Å². The molecular formula is C14H19N3. The molecule has 0 spiro atoms. The first-order valence-electron chi connectivity index (χ1n) is 6.27. The van der Waals surface area contributed by atoms with E-state index in [9.17, 15) is 0 Å². The van der Waals surface area contributed by atoms with Gasteiger partial charge in [0.15, 0.2) is 0 Å². The van der Waals surface area contributed by atoms with Crippen LogP contribution in [0.1, 0.15) is 30.3 Å². The molecule has 1 saturated heterocycles. The molecule has 0 amide bonds. The number of aromatic amines is 1. The van der Waals surface area contributed by atoms with Crippen molar-refractivity contribution >= 4 is 11.0 Å². The Labute approximate surface area is 102 Å². The molecule has 0 aliphatic carbocycles. The van der Waals surface area contributed by atoms with Gasteiger partial charge in [0.05, 0.1) is 11.0 Å². The molecule has 17 heavy (non-hydrogen) atoms. The molecule has 2 N–H and O–H groups in total. The van der Waals surface area contributed by atoms with Crippen LogP contribution in [0.15, 0.2) is 12.1 Å². The van der Waals surface area contributed by atoms with Crippen LogP contribution in [0.25, 0.3) is 11.0 Å². The number of aromatic nitrogens is 2. The van der Waals surface area contributed by atoms with Crippen molar-refractivity contribution in [2.24, 2.45) is 0 Å². The summed E-state index contributed by atoms with van der Waals surface area (Å²) in [7, 11) is 0. The predicted octanol–water partition coefficient (Wildman–Crippen LogP) is 2.43. The minimum atomic E-state index is 0.167. The lowest BCUT2D eigenvalue weighted by molar-refractivity contribution is 0.496. The Bertz CT molecular complexity index is 523. The van der Waals surface area contributed by atoms with Gasteiger partial charge in [0.1, 0.15) is 5.82 Å². The molecule has 0 radical (unpaired) electrons. The Morgan fingerprint density at radius 1 is 1.24 bits per heavy atom. The molecule has 2 heterocycles. The smallest absolute Gasteiger partial charge is 0.114 e. The van der Waals surface area contributed by atoms with Gasteiger partial charge in [0.2, 0.25) is 0 Å². The molecule has 3 nitrogen and oxygen atoms in total. The van der Waals surface area contributed by atoms with Gasteiger partial charge in [-0.1, -0.05) is 6.92 Å². The van der Waals surface area contributed by atoms with Crippen molar-refractivity contribution in [3.8, 4) is 0 Å². The van der Waals surface area contributed by atoms with Crippen LogP contribution in [0.3, 0.4) is 0 Å². The maximum absolute atomic E-state index is 4.77. The Morgan fingerprint density at radius 2 is 2.00 bits per heavy atom. The van der Waals surface area contributed by atoms with Crippen molar-refractivity contribution in [1.29, 1.82) is 0 Å². The molecule has 90 valence electrons. The molecule has 1 aromatic carbocycles. The second-order valence-corrected chi connectivity index (χ2v) is 5.53. The monoisotopic (exact) mass is 229 g/mol. The van der Waals surface area contributed by atoms with Gasteiger partial charge in [0.25, 0.3) is 0 Å². The first kappa shape index (κ1) is 10.8. The summed E-state index contributed by atoms with van der Waals surface area (Å²) >= 11 is 0. The van der Waals surface area contributed by atoms with E-state index >= 15 is 0 Å². The highest BCUT2D eigenvalue weighted by atomic mass is 15.0. The van der Waals surface area contributed by atoms with Crippen molar-refractivity contribution < 1.29 is 0 Å². The lowest BCUT2D eigenvalue weighted by atomic mass is 9.89. The summed E-state index contributed by atoms with van der Waals surface area (Å²) in [5.74, 6) is 1.13. The topological polar surface area (TPSA) is 40.7 Å². The van der Waals surface area contributed by atoms with Crippen LogP contribution in [0.5, 0.6) is 0 Å². The quantitative estimate of drug-likeness (QED) is 0.788. The molecule has 1 aromatic heterocycles. The van der Waals surface area contributed by atoms with E-state index in [2.05, 4.69) is 43.2 Å². The van der Waals surface area contributed by atoms with Gasteiger partial charge in [-0.25, -0.2) is 4.98 Å². The van der Waals surface area contributed by atoms with E-state index in [1.54, 1.807) is 0 Å². The van der Waals surface area contributed by atoms with Gasteiger partial charge in [0, 0.05) is 12.0 Å². The van der Waals surface area contributed by atoms with Crippen LogP contribution >= 0.6 is 0 Å². The molecule has 3 rings (SSSR count). The van der Waals surface area contributed by atoms with E-state index in [1.165, 1.54) is 11.1 Å². The molecule has 2 aromatic rings. The third kappa shape index (κ3) is 1.65. The number of imidazole rings is 1. The standard InChI is InChI=1S/C14H19N3/c1-9-6-11-12(7-10(9)2)17-13(16-11)14(3)4-5-15-8-14/h6-7,15H,4-5,8H2,1-3H3,(H,16,17). The Balaban J connectivity index is 2.13. The summed E-state index contributed by atoms with van der Waals surface area (Å²) in [5.41, 5.74) is 5.06. The second kappa shape index (κ2) is 3.57. The number of nitrogens with zero attached hydrogens (tertiary/aromatic N) is 1. The van der Waals surface area contributed by atoms with E-state index in [4.69, 9.17) is 4.98 Å². The maximum atomic E-state index is 4.77. The van der Waals surface area contributed by atoms with Gasteiger partial charge in [-0.15, -0.1) is 0 Å². The van der Waals surface area contributed by atoms with Crippen molar-refractivity contribution in [2.45, 2.75) is 32.6 Å². The number of fused-ring (bicyclic) bond motifs is 1. The largest absolute Gasteiger partial charge is 0.341 e. The van der Waals surface area contributed by atoms with Crippen LogP contribution in [0, 0.1) is 13.8 Å². The summed E-state index contributed by atoms with van der Waals surface area (Å²) in [5, 5.41) is 3.42. The van der Waals surface area contributed by atoms with E-state index in [-0.39, 0.29) is 5.41 Å². The zero-order valence-electron chi connectivity index (χ0n) is 10.7. The van der Waals surface area contributed by atoms with Crippen molar-refractivity contribution in [3.05, 3.63) is 29.1 Å². The number of hydrogen-bond acceptors (Lipinski definition) is 2. The van der Waals surface area contributed by atoms with Crippen molar-refractivity contribution in [2.75, 3.05) is 13.1 Å². The average molecular weight is 229 g/mol. The number of H-pyrrole nitrogens is 1. The molecule has 1 aliphatic heterocycles. The zero-order valence-corrected chi connectivity index (χ0v) is 10.7. The van der Waals surface area contributed by atoms with E-state index in [0.717, 1.165) is 36.4 Å². The van der Waals surface area contributed by atoms with Crippen LogP contribution in [0.4, 0.5) is 0 Å². The highest BCUT2D eigenvalue weighted by Crippen LogP contribution is 2.30. The number of benzene rings is 1. The molecule has 1 atom stereocenters. The summed E-state index contributed by atoms with van der Waals surface area (Å²) in [6.45, 7) is 8.68. The van der Waals surface area contributed by atoms with Gasteiger partial charge in [-0.3, -0.25) is 0 Å². The van der Waals surface area contributed by atoms with Gasteiger partial charge < -0.3 is 10.3 Å². The number of aryl methyl sites for hydroxylation is 2. The van der Waals surface area contributed by atoms with Gasteiger partial charge >= 0.3 is 0 Å². The summed E-state index contributed by atoms with van der Waals surface area (Å²) < 4.78 is 0. The number of nitrogens with one attached hydrogen (secondary N) is 2. The van der Waals surface area contributed by atoms with Gasteiger partial charge in [-0.05, 0) is 50.1 Å². The van der Waals surface area contributed by atoms with Crippen LogP contribution in [-0.4, -0.2) is 23.1 Å². The fourth-order valence-electron chi connectivity index (χ4n) is 2.57. The second-order valence-electron chi connectivity index (χ2n) is 5.53. The first-order chi connectivity index (χ1) is 8.08. The third-order valence-corrected chi connectivity index (χ3v) is 4.04. The maximum Gasteiger partial charge on any atom is 0.114 e. The Hall–Kier alpha value is -1.35. The minimum absolute atomic E-state index is 0.167. The van der Waals surface area contributed by atoms with Crippen molar-refractivity contribution in [3.63, 3.8) is 0 Å². The fourth-order valence-corrected chi connectivity index (χ4v) is 2.57. The lowest BCUT2D eigenvalue weighted by Crippen LogP contribution is -2.26. The Morgan fingerprint density at radius 3 is 2.71 bits per heavy atom. The fraction of sp³-hybridized carbons (Fsp3) is 0.500. The molecule has 1 unspecified atom stereocenters. The molecule has 1 fully saturated rings. The highest BCUT2D eigenvalue weighted by molar-refractivity contribution is 5.77. The summed E-state index contributed by atoms with van der Waals surface area (Å²) in [6.07, 6.45) is 1.16. The minimum Gasteiger partial charge on any atom is -0.341 e. The van der Waals surface area contributed by atoms with E-state index in [1.807, 2.05) is 0 Å². The number of rotatable bonds is 1. The predicted molar refractivity (Wildman–Crippen MR) is 70.4 cm³/mol. The van der Waals surface area contributed by atoms with Crippen LogP contribution in [0.2, 0.25) is 0 Å². The van der Waals surface area contributed by atoms with Crippen LogP contribution < -0.4 is 5.32 Å². The summed E-state index contributed by atoms with van der Waals surface area (Å²) in [6, 6.07) is 4.38. The number of hydrogen-bond donors (Lipinski definition) is 2. The van der Waals surface area contributed by atoms with Crippen LogP contribution in [-0.2, 0) is 5.41 Å². The highest BCUT2D eigenvalue weighted by Gasteiger charge is 2.33.